The average molecular weight is 313 g/mol. The number of hydrogen-bond donors (Lipinski definition) is 2. The van der Waals surface area contributed by atoms with E-state index in [0.29, 0.717) is 0 Å². The molecule has 0 bridgehead atoms. The third kappa shape index (κ3) is 5.05. The average Bonchev–Trinajstić information content (AvgIpc) is 2.59. The summed E-state index contributed by atoms with van der Waals surface area (Å²) in [5.74, 6) is -0.198. The third-order valence-corrected chi connectivity index (χ3v) is 4.23. The highest BCUT2D eigenvalue weighted by molar-refractivity contribution is 5.42. The van der Waals surface area contributed by atoms with Crippen molar-refractivity contribution in [3.05, 3.63) is 65.5 Å². The minimum atomic E-state index is -0.198. The molecule has 1 heterocycles. The van der Waals surface area contributed by atoms with Crippen LogP contribution in [-0.2, 0) is 13.0 Å². The maximum Gasteiger partial charge on any atom is 0.123 e. The topological polar surface area (TPSA) is 27.3 Å². The van der Waals surface area contributed by atoms with Crippen molar-refractivity contribution in [2.45, 2.75) is 13.0 Å². The van der Waals surface area contributed by atoms with Crippen LogP contribution in [0.2, 0.25) is 0 Å². The summed E-state index contributed by atoms with van der Waals surface area (Å²) in [7, 11) is 0. The number of nitrogens with one attached hydrogen (secondary N) is 2. The number of halogens is 1. The van der Waals surface area contributed by atoms with Crippen LogP contribution in [0.15, 0.2) is 48.5 Å². The number of piperazine rings is 1. The Balaban J connectivity index is 1.44. The number of hydrogen-bond acceptors (Lipinski definition) is 3. The van der Waals surface area contributed by atoms with Crippen molar-refractivity contribution in [3.8, 4) is 0 Å². The summed E-state index contributed by atoms with van der Waals surface area (Å²) in [4.78, 5) is 2.49. The Hall–Kier alpha value is -1.91. The second kappa shape index (κ2) is 8.09. The summed E-state index contributed by atoms with van der Waals surface area (Å²) in [6, 6.07) is 15.4. The number of rotatable bonds is 6. The minimum absolute atomic E-state index is 0.198. The maximum absolute atomic E-state index is 12.8. The predicted molar refractivity (Wildman–Crippen MR) is 93.2 cm³/mol. The molecule has 2 aromatic rings. The van der Waals surface area contributed by atoms with E-state index in [2.05, 4.69) is 39.8 Å². The number of anilines is 1. The number of nitrogens with zero attached hydrogens (tertiary/aromatic N) is 1. The Morgan fingerprint density at radius 2 is 1.57 bits per heavy atom. The molecule has 122 valence electrons. The Labute approximate surface area is 137 Å². The highest BCUT2D eigenvalue weighted by Crippen LogP contribution is 2.11. The van der Waals surface area contributed by atoms with E-state index >= 15 is 0 Å². The minimum Gasteiger partial charge on any atom is -0.385 e. The van der Waals surface area contributed by atoms with E-state index in [0.717, 1.165) is 51.4 Å². The highest BCUT2D eigenvalue weighted by atomic mass is 19.1. The molecule has 1 aliphatic rings. The quantitative estimate of drug-likeness (QED) is 0.859. The van der Waals surface area contributed by atoms with Crippen LogP contribution in [0.25, 0.3) is 0 Å². The number of benzene rings is 2. The zero-order chi connectivity index (χ0) is 15.9. The van der Waals surface area contributed by atoms with Crippen LogP contribution in [0.3, 0.4) is 0 Å². The van der Waals surface area contributed by atoms with Gasteiger partial charge >= 0.3 is 0 Å². The monoisotopic (exact) mass is 313 g/mol. The lowest BCUT2D eigenvalue weighted by molar-refractivity contribution is 0.233. The molecule has 3 nitrogen and oxygen atoms in total. The molecule has 2 N–H and O–H groups in total. The standard InChI is InChI=1S/C19H24FN3/c20-18-5-7-19(8-6-18)22-10-9-16-1-3-17(4-2-16)15-23-13-11-21-12-14-23/h1-8,21-22H,9-15H2. The van der Waals surface area contributed by atoms with Gasteiger partial charge in [-0.25, -0.2) is 4.39 Å². The van der Waals surface area contributed by atoms with E-state index in [-0.39, 0.29) is 5.82 Å². The summed E-state index contributed by atoms with van der Waals surface area (Å²) in [6.45, 7) is 6.32. The Kier molecular flexibility index (Phi) is 5.61. The zero-order valence-electron chi connectivity index (χ0n) is 13.4. The fraction of sp³-hybridized carbons (Fsp3) is 0.368. The summed E-state index contributed by atoms with van der Waals surface area (Å²) < 4.78 is 12.8. The maximum atomic E-state index is 12.8. The van der Waals surface area contributed by atoms with Crippen LogP contribution in [0.5, 0.6) is 0 Å². The van der Waals surface area contributed by atoms with Gasteiger partial charge in [0.2, 0.25) is 0 Å². The van der Waals surface area contributed by atoms with Gasteiger partial charge in [0.25, 0.3) is 0 Å². The molecule has 0 spiro atoms. The van der Waals surface area contributed by atoms with Crippen LogP contribution < -0.4 is 10.6 Å². The van der Waals surface area contributed by atoms with E-state index in [1.165, 1.54) is 23.3 Å². The molecule has 1 saturated heterocycles. The van der Waals surface area contributed by atoms with Crippen molar-refractivity contribution in [3.63, 3.8) is 0 Å². The van der Waals surface area contributed by atoms with E-state index in [4.69, 9.17) is 0 Å². The molecule has 0 atom stereocenters. The molecule has 0 saturated carbocycles. The van der Waals surface area contributed by atoms with Gasteiger partial charge in [0.1, 0.15) is 5.82 Å². The van der Waals surface area contributed by atoms with Gasteiger partial charge < -0.3 is 10.6 Å². The van der Waals surface area contributed by atoms with E-state index in [9.17, 15) is 4.39 Å². The van der Waals surface area contributed by atoms with Crippen molar-refractivity contribution < 1.29 is 4.39 Å². The Bertz CT molecular complexity index is 589. The van der Waals surface area contributed by atoms with E-state index < -0.39 is 0 Å². The van der Waals surface area contributed by atoms with Gasteiger partial charge in [-0.15, -0.1) is 0 Å². The lowest BCUT2D eigenvalue weighted by Gasteiger charge is -2.27. The molecule has 0 radical (unpaired) electrons. The van der Waals surface area contributed by atoms with Gasteiger partial charge in [-0.3, -0.25) is 4.90 Å². The smallest absolute Gasteiger partial charge is 0.123 e. The lowest BCUT2D eigenvalue weighted by atomic mass is 10.1. The molecule has 0 aliphatic carbocycles. The third-order valence-electron chi connectivity index (χ3n) is 4.23. The first-order valence-electron chi connectivity index (χ1n) is 8.30. The molecule has 4 heteroatoms. The summed E-state index contributed by atoms with van der Waals surface area (Å²) >= 11 is 0. The van der Waals surface area contributed by atoms with Crippen LogP contribution >= 0.6 is 0 Å². The van der Waals surface area contributed by atoms with Crippen molar-refractivity contribution in [1.29, 1.82) is 0 Å². The van der Waals surface area contributed by atoms with Gasteiger partial charge in [-0.1, -0.05) is 24.3 Å². The molecule has 0 unspecified atom stereocenters. The predicted octanol–water partition coefficient (Wildman–Crippen LogP) is 2.89. The zero-order valence-corrected chi connectivity index (χ0v) is 13.4. The molecular weight excluding hydrogens is 289 g/mol. The largest absolute Gasteiger partial charge is 0.385 e. The molecule has 23 heavy (non-hydrogen) atoms. The first-order chi connectivity index (χ1) is 11.3. The fourth-order valence-electron chi connectivity index (χ4n) is 2.86. The Morgan fingerprint density at radius 1 is 0.913 bits per heavy atom. The lowest BCUT2D eigenvalue weighted by Crippen LogP contribution is -2.42. The SMILES string of the molecule is Fc1ccc(NCCc2ccc(CN3CCNCC3)cc2)cc1. The highest BCUT2D eigenvalue weighted by Gasteiger charge is 2.09. The molecule has 2 aromatic carbocycles. The molecular formula is C19H24FN3. The van der Waals surface area contributed by atoms with Gasteiger partial charge in [-0.05, 0) is 41.8 Å². The van der Waals surface area contributed by atoms with Crippen molar-refractivity contribution in [2.75, 3.05) is 38.0 Å². The van der Waals surface area contributed by atoms with Crippen molar-refractivity contribution in [1.82, 2.24) is 10.2 Å². The van der Waals surface area contributed by atoms with Crippen LogP contribution in [0.4, 0.5) is 10.1 Å². The summed E-state index contributed by atoms with van der Waals surface area (Å²) in [6.07, 6.45) is 0.964. The van der Waals surface area contributed by atoms with Gasteiger partial charge in [0.05, 0.1) is 0 Å². The van der Waals surface area contributed by atoms with Gasteiger partial charge in [0.15, 0.2) is 0 Å². The van der Waals surface area contributed by atoms with Gasteiger partial charge in [-0.2, -0.15) is 0 Å². The second-order valence-corrected chi connectivity index (χ2v) is 6.03. The van der Waals surface area contributed by atoms with Crippen LogP contribution in [0, 0.1) is 5.82 Å². The van der Waals surface area contributed by atoms with Gasteiger partial charge in [0, 0.05) is 45.0 Å². The normalized spacial score (nSPS) is 15.5. The van der Waals surface area contributed by atoms with Crippen molar-refractivity contribution in [2.24, 2.45) is 0 Å². The summed E-state index contributed by atoms with van der Waals surface area (Å²) in [5, 5.41) is 6.70. The van der Waals surface area contributed by atoms with Crippen LogP contribution in [-0.4, -0.2) is 37.6 Å². The second-order valence-electron chi connectivity index (χ2n) is 6.03. The molecule has 3 rings (SSSR count). The first-order valence-corrected chi connectivity index (χ1v) is 8.30. The first kappa shape index (κ1) is 16.0. The molecule has 1 aliphatic heterocycles. The van der Waals surface area contributed by atoms with Crippen LogP contribution in [0.1, 0.15) is 11.1 Å². The molecule has 0 amide bonds. The van der Waals surface area contributed by atoms with Crippen molar-refractivity contribution >= 4 is 5.69 Å². The van der Waals surface area contributed by atoms with E-state index in [1.807, 2.05) is 0 Å². The Morgan fingerprint density at radius 3 is 2.26 bits per heavy atom. The summed E-state index contributed by atoms with van der Waals surface area (Å²) in [5.41, 5.74) is 3.66. The molecule has 0 aromatic heterocycles. The molecule has 1 fully saturated rings. The fourth-order valence-corrected chi connectivity index (χ4v) is 2.86. The van der Waals surface area contributed by atoms with E-state index in [1.54, 1.807) is 12.1 Å².